The summed E-state index contributed by atoms with van der Waals surface area (Å²) in [6.45, 7) is 3.39. The molecule has 0 radical (unpaired) electrons. The molecule has 80 valence electrons. The summed E-state index contributed by atoms with van der Waals surface area (Å²) in [6, 6.07) is 7.44. The summed E-state index contributed by atoms with van der Waals surface area (Å²) in [5.41, 5.74) is 0.427. The third-order valence-corrected chi connectivity index (χ3v) is 1.98. The molecule has 0 bridgehead atoms. The second-order valence-electron chi connectivity index (χ2n) is 3.02. The average Bonchev–Trinajstić information content (AvgIpc) is 2.26. The smallest absolute Gasteiger partial charge is 0.405 e. The second kappa shape index (κ2) is 5.14. The summed E-state index contributed by atoms with van der Waals surface area (Å²) in [4.78, 5) is 10.4. The summed E-state index contributed by atoms with van der Waals surface area (Å²) in [5, 5.41) is 10.5. The first-order chi connectivity index (χ1) is 7.15. The van der Waals surface area contributed by atoms with Crippen molar-refractivity contribution >= 4 is 6.09 Å². The van der Waals surface area contributed by atoms with E-state index in [0.29, 0.717) is 5.56 Å². The predicted molar refractivity (Wildman–Crippen MR) is 55.4 cm³/mol. The van der Waals surface area contributed by atoms with Crippen molar-refractivity contribution in [3.8, 4) is 0 Å². The van der Waals surface area contributed by atoms with Crippen LogP contribution in [0.5, 0.6) is 0 Å². The Hall–Kier alpha value is -1.84. The number of halogens is 1. The van der Waals surface area contributed by atoms with E-state index in [2.05, 4.69) is 11.9 Å². The molecule has 0 aliphatic rings. The molecule has 1 aromatic carbocycles. The molecular formula is C11H12FNO2. The molecule has 3 nitrogen and oxygen atoms in total. The monoisotopic (exact) mass is 209 g/mol. The van der Waals surface area contributed by atoms with Gasteiger partial charge in [-0.2, -0.15) is 0 Å². The van der Waals surface area contributed by atoms with Gasteiger partial charge in [-0.1, -0.05) is 36.4 Å². The topological polar surface area (TPSA) is 49.3 Å². The molecule has 4 heteroatoms. The van der Waals surface area contributed by atoms with Crippen LogP contribution in [0.15, 0.2) is 43.0 Å². The fourth-order valence-corrected chi connectivity index (χ4v) is 1.24. The number of hydrogen-bond donors (Lipinski definition) is 2. The van der Waals surface area contributed by atoms with Crippen LogP contribution in [0.2, 0.25) is 0 Å². The Morgan fingerprint density at radius 3 is 2.53 bits per heavy atom. The molecule has 0 aromatic heterocycles. The number of rotatable bonds is 4. The van der Waals surface area contributed by atoms with Crippen LogP contribution in [0.25, 0.3) is 0 Å². The lowest BCUT2D eigenvalue weighted by molar-refractivity contribution is 0.182. The van der Waals surface area contributed by atoms with Crippen molar-refractivity contribution in [2.45, 2.75) is 12.2 Å². The van der Waals surface area contributed by atoms with Crippen molar-refractivity contribution in [3.05, 3.63) is 48.6 Å². The zero-order chi connectivity index (χ0) is 11.3. The highest BCUT2D eigenvalue weighted by atomic mass is 19.1. The number of benzene rings is 1. The van der Waals surface area contributed by atoms with E-state index in [4.69, 9.17) is 5.11 Å². The van der Waals surface area contributed by atoms with Crippen molar-refractivity contribution in [2.24, 2.45) is 0 Å². The summed E-state index contributed by atoms with van der Waals surface area (Å²) in [6.07, 6.45) is -1.44. The number of carboxylic acid groups (broad SMARTS) is 1. The molecule has 0 heterocycles. The standard InChI is InChI=1S/C11H12FNO2/c1-2-9(13-11(14)15)10(12)8-6-4-3-5-7-8/h2-7,9-10,13H,1H2,(H,14,15)/t9-,10-/m1/s1. The third-order valence-electron chi connectivity index (χ3n) is 1.98. The number of hydrogen-bond acceptors (Lipinski definition) is 1. The van der Waals surface area contributed by atoms with E-state index in [1.54, 1.807) is 30.3 Å². The molecule has 2 N–H and O–H groups in total. The zero-order valence-electron chi connectivity index (χ0n) is 8.06. The lowest BCUT2D eigenvalue weighted by atomic mass is 10.0. The number of nitrogens with one attached hydrogen (secondary N) is 1. The van der Waals surface area contributed by atoms with Gasteiger partial charge in [0.25, 0.3) is 0 Å². The molecule has 15 heavy (non-hydrogen) atoms. The number of carbonyl (C=O) groups is 1. The van der Waals surface area contributed by atoms with Crippen LogP contribution < -0.4 is 5.32 Å². The Labute approximate surface area is 87.2 Å². The minimum absolute atomic E-state index is 0.427. The van der Waals surface area contributed by atoms with E-state index in [9.17, 15) is 9.18 Å². The zero-order valence-corrected chi connectivity index (χ0v) is 8.06. The van der Waals surface area contributed by atoms with Gasteiger partial charge in [0, 0.05) is 0 Å². The minimum atomic E-state index is -1.42. The van der Waals surface area contributed by atoms with Gasteiger partial charge in [0.2, 0.25) is 0 Å². The van der Waals surface area contributed by atoms with Crippen LogP contribution in [-0.4, -0.2) is 17.2 Å². The van der Waals surface area contributed by atoms with Gasteiger partial charge in [-0.05, 0) is 5.56 Å². The van der Waals surface area contributed by atoms with Gasteiger partial charge in [0.05, 0.1) is 6.04 Å². The SMILES string of the molecule is C=C[C@@H](NC(=O)O)[C@H](F)c1ccccc1. The van der Waals surface area contributed by atoms with Crippen molar-refractivity contribution in [1.29, 1.82) is 0 Å². The van der Waals surface area contributed by atoms with Crippen LogP contribution in [0.3, 0.4) is 0 Å². The normalized spacial score (nSPS) is 13.9. The third kappa shape index (κ3) is 3.09. The Morgan fingerprint density at radius 2 is 2.07 bits per heavy atom. The predicted octanol–water partition coefficient (Wildman–Crippen LogP) is 2.52. The lowest BCUT2D eigenvalue weighted by Crippen LogP contribution is -2.35. The van der Waals surface area contributed by atoms with Crippen molar-refractivity contribution in [1.82, 2.24) is 5.32 Å². The molecule has 2 atom stereocenters. The van der Waals surface area contributed by atoms with E-state index in [-0.39, 0.29) is 0 Å². The molecule has 1 aromatic rings. The van der Waals surface area contributed by atoms with Crippen molar-refractivity contribution in [2.75, 3.05) is 0 Å². The Balaban J connectivity index is 2.77. The van der Waals surface area contributed by atoms with E-state index < -0.39 is 18.3 Å². The Bertz CT molecular complexity index is 340. The van der Waals surface area contributed by atoms with E-state index in [1.165, 1.54) is 6.08 Å². The first-order valence-electron chi connectivity index (χ1n) is 4.46. The second-order valence-corrected chi connectivity index (χ2v) is 3.02. The van der Waals surface area contributed by atoms with Crippen LogP contribution in [-0.2, 0) is 0 Å². The molecule has 0 aliphatic heterocycles. The molecule has 1 rings (SSSR count). The molecule has 0 aliphatic carbocycles. The van der Waals surface area contributed by atoms with Gasteiger partial charge >= 0.3 is 6.09 Å². The molecule has 0 saturated carbocycles. The highest BCUT2D eigenvalue weighted by Crippen LogP contribution is 2.21. The maximum Gasteiger partial charge on any atom is 0.405 e. The molecule has 0 spiro atoms. The molecule has 0 saturated heterocycles. The van der Waals surface area contributed by atoms with Crippen LogP contribution >= 0.6 is 0 Å². The van der Waals surface area contributed by atoms with Gasteiger partial charge in [0.1, 0.15) is 6.17 Å². The van der Waals surface area contributed by atoms with Crippen molar-refractivity contribution < 1.29 is 14.3 Å². The Morgan fingerprint density at radius 1 is 1.47 bits per heavy atom. The fraction of sp³-hybridized carbons (Fsp3) is 0.182. The molecule has 0 fully saturated rings. The summed E-state index contributed by atoms with van der Waals surface area (Å²) in [5.74, 6) is 0. The summed E-state index contributed by atoms with van der Waals surface area (Å²) >= 11 is 0. The number of alkyl halides is 1. The highest BCUT2D eigenvalue weighted by molar-refractivity contribution is 5.65. The number of amides is 1. The summed E-state index contributed by atoms with van der Waals surface area (Å²) < 4.78 is 13.8. The Kier molecular flexibility index (Phi) is 3.85. The van der Waals surface area contributed by atoms with Gasteiger partial charge in [-0.15, -0.1) is 6.58 Å². The van der Waals surface area contributed by atoms with Gasteiger partial charge < -0.3 is 10.4 Å². The maximum atomic E-state index is 13.8. The van der Waals surface area contributed by atoms with Gasteiger partial charge in [-0.25, -0.2) is 9.18 Å². The first kappa shape index (κ1) is 11.2. The van der Waals surface area contributed by atoms with Gasteiger partial charge in [-0.3, -0.25) is 0 Å². The van der Waals surface area contributed by atoms with Crippen LogP contribution in [0.1, 0.15) is 11.7 Å². The average molecular weight is 209 g/mol. The van der Waals surface area contributed by atoms with Crippen LogP contribution in [0, 0.1) is 0 Å². The molecule has 0 unspecified atom stereocenters. The summed E-state index contributed by atoms with van der Waals surface area (Å²) in [7, 11) is 0. The maximum absolute atomic E-state index is 13.8. The largest absolute Gasteiger partial charge is 0.465 e. The quantitative estimate of drug-likeness (QED) is 0.748. The van der Waals surface area contributed by atoms with Crippen molar-refractivity contribution in [3.63, 3.8) is 0 Å². The molecule has 1 amide bonds. The first-order valence-corrected chi connectivity index (χ1v) is 4.46. The van der Waals surface area contributed by atoms with E-state index >= 15 is 0 Å². The van der Waals surface area contributed by atoms with Gasteiger partial charge in [0.15, 0.2) is 0 Å². The van der Waals surface area contributed by atoms with E-state index in [1.807, 2.05) is 0 Å². The highest BCUT2D eigenvalue weighted by Gasteiger charge is 2.21. The lowest BCUT2D eigenvalue weighted by Gasteiger charge is -2.17. The minimum Gasteiger partial charge on any atom is -0.465 e. The van der Waals surface area contributed by atoms with E-state index in [0.717, 1.165) is 0 Å². The fourth-order valence-electron chi connectivity index (χ4n) is 1.24. The van der Waals surface area contributed by atoms with Crippen LogP contribution in [0.4, 0.5) is 9.18 Å². The molecular weight excluding hydrogens is 197 g/mol.